The number of nitrogens with zero attached hydrogens (tertiary/aromatic N) is 3. The SMILES string of the molecule is CN1CC[C@@H](CNC(=O)c2ccncc2F)[C@@H]1c1cccnc1. The molecule has 120 valence electrons. The Bertz CT molecular complexity index is 679. The van der Waals surface area contributed by atoms with Crippen LogP contribution >= 0.6 is 0 Å². The predicted octanol–water partition coefficient (Wildman–Crippen LogP) is 2.04. The van der Waals surface area contributed by atoms with Crippen LogP contribution in [0.4, 0.5) is 4.39 Å². The van der Waals surface area contributed by atoms with Crippen molar-refractivity contribution in [3.05, 3.63) is 59.9 Å². The molecule has 1 N–H and O–H groups in total. The molecular formula is C17H19FN4O. The second-order valence-electron chi connectivity index (χ2n) is 5.83. The number of halogens is 1. The standard InChI is InChI=1S/C17H19FN4O/c1-22-8-5-13(16(22)12-3-2-6-19-9-12)10-21-17(23)14-4-7-20-11-15(14)18/h2-4,6-7,9,11,13,16H,5,8,10H2,1H3,(H,21,23)/t13-,16-/m0/s1. The van der Waals surface area contributed by atoms with Crippen LogP contribution in [0, 0.1) is 11.7 Å². The molecular weight excluding hydrogens is 295 g/mol. The Morgan fingerprint density at radius 3 is 2.91 bits per heavy atom. The Labute approximate surface area is 134 Å². The molecule has 23 heavy (non-hydrogen) atoms. The van der Waals surface area contributed by atoms with Gasteiger partial charge >= 0.3 is 0 Å². The fraction of sp³-hybridized carbons (Fsp3) is 0.353. The van der Waals surface area contributed by atoms with Crippen LogP contribution in [0.15, 0.2) is 43.0 Å². The third kappa shape index (κ3) is 3.37. The zero-order valence-corrected chi connectivity index (χ0v) is 12.9. The number of aromatic nitrogens is 2. The number of hydrogen-bond acceptors (Lipinski definition) is 4. The maximum absolute atomic E-state index is 13.6. The van der Waals surface area contributed by atoms with E-state index >= 15 is 0 Å². The highest BCUT2D eigenvalue weighted by Crippen LogP contribution is 2.35. The van der Waals surface area contributed by atoms with E-state index in [1.165, 1.54) is 12.3 Å². The third-order valence-electron chi connectivity index (χ3n) is 4.34. The molecule has 0 bridgehead atoms. The van der Waals surface area contributed by atoms with E-state index in [0.717, 1.165) is 24.7 Å². The molecule has 0 unspecified atom stereocenters. The number of likely N-dealkylation sites (tertiary alicyclic amines) is 1. The predicted molar refractivity (Wildman–Crippen MR) is 84.2 cm³/mol. The minimum Gasteiger partial charge on any atom is -0.352 e. The van der Waals surface area contributed by atoms with Crippen LogP contribution in [0.1, 0.15) is 28.4 Å². The smallest absolute Gasteiger partial charge is 0.254 e. The number of amides is 1. The van der Waals surface area contributed by atoms with Crippen molar-refractivity contribution in [2.75, 3.05) is 20.1 Å². The van der Waals surface area contributed by atoms with Crippen molar-refractivity contribution in [1.82, 2.24) is 20.2 Å². The Morgan fingerprint density at radius 2 is 2.17 bits per heavy atom. The molecule has 0 spiro atoms. The van der Waals surface area contributed by atoms with Gasteiger partial charge in [0.1, 0.15) is 0 Å². The number of carbonyl (C=O) groups is 1. The largest absolute Gasteiger partial charge is 0.352 e. The van der Waals surface area contributed by atoms with Gasteiger partial charge in [0, 0.05) is 31.2 Å². The Hall–Kier alpha value is -2.34. The average Bonchev–Trinajstić information content (AvgIpc) is 2.94. The summed E-state index contributed by atoms with van der Waals surface area (Å²) in [4.78, 5) is 22.2. The number of pyridine rings is 2. The number of rotatable bonds is 4. The Balaban J connectivity index is 1.68. The van der Waals surface area contributed by atoms with Crippen LogP contribution in [-0.4, -0.2) is 40.9 Å². The van der Waals surface area contributed by atoms with Crippen molar-refractivity contribution in [2.24, 2.45) is 5.92 Å². The average molecular weight is 314 g/mol. The summed E-state index contributed by atoms with van der Waals surface area (Å²) in [6, 6.07) is 5.58. The van der Waals surface area contributed by atoms with Crippen molar-refractivity contribution < 1.29 is 9.18 Å². The second-order valence-corrected chi connectivity index (χ2v) is 5.83. The number of carbonyl (C=O) groups excluding carboxylic acids is 1. The Kier molecular flexibility index (Phi) is 4.62. The highest BCUT2D eigenvalue weighted by atomic mass is 19.1. The van der Waals surface area contributed by atoms with Gasteiger partial charge in [-0.3, -0.25) is 19.7 Å². The van der Waals surface area contributed by atoms with Gasteiger partial charge in [-0.2, -0.15) is 0 Å². The third-order valence-corrected chi connectivity index (χ3v) is 4.34. The van der Waals surface area contributed by atoms with Gasteiger partial charge in [0.15, 0.2) is 5.82 Å². The van der Waals surface area contributed by atoms with E-state index in [9.17, 15) is 9.18 Å². The van der Waals surface area contributed by atoms with Crippen molar-refractivity contribution in [3.8, 4) is 0 Å². The van der Waals surface area contributed by atoms with E-state index < -0.39 is 11.7 Å². The molecule has 1 aliphatic heterocycles. The number of nitrogens with one attached hydrogen (secondary N) is 1. The molecule has 6 heteroatoms. The van der Waals surface area contributed by atoms with Crippen LogP contribution in [0.3, 0.4) is 0 Å². The Morgan fingerprint density at radius 1 is 1.35 bits per heavy atom. The molecule has 1 aliphatic rings. The summed E-state index contributed by atoms with van der Waals surface area (Å²) in [5.41, 5.74) is 1.17. The van der Waals surface area contributed by atoms with E-state index in [4.69, 9.17) is 0 Å². The maximum Gasteiger partial charge on any atom is 0.254 e. The first-order valence-electron chi connectivity index (χ1n) is 7.64. The molecule has 0 aromatic carbocycles. The molecule has 0 saturated carbocycles. The highest BCUT2D eigenvalue weighted by molar-refractivity contribution is 5.94. The van der Waals surface area contributed by atoms with E-state index in [1.807, 2.05) is 12.3 Å². The molecule has 3 heterocycles. The van der Waals surface area contributed by atoms with Gasteiger partial charge in [-0.15, -0.1) is 0 Å². The fourth-order valence-electron chi connectivity index (χ4n) is 3.20. The van der Waals surface area contributed by atoms with Gasteiger partial charge in [0.2, 0.25) is 0 Å². The minimum absolute atomic E-state index is 0.0317. The second kappa shape index (κ2) is 6.83. The summed E-state index contributed by atoms with van der Waals surface area (Å²) in [6.45, 7) is 1.47. The maximum atomic E-state index is 13.6. The van der Waals surface area contributed by atoms with Crippen LogP contribution in [0.5, 0.6) is 0 Å². The first kappa shape index (κ1) is 15.6. The summed E-state index contributed by atoms with van der Waals surface area (Å²) in [7, 11) is 2.07. The zero-order chi connectivity index (χ0) is 16.2. The van der Waals surface area contributed by atoms with E-state index in [-0.39, 0.29) is 17.5 Å². The van der Waals surface area contributed by atoms with E-state index in [1.54, 1.807) is 6.20 Å². The molecule has 2 atom stereocenters. The molecule has 2 aromatic heterocycles. The van der Waals surface area contributed by atoms with Gasteiger partial charge in [0.05, 0.1) is 11.8 Å². The summed E-state index contributed by atoms with van der Waals surface area (Å²) in [6.07, 6.45) is 7.07. The van der Waals surface area contributed by atoms with Crippen LogP contribution in [-0.2, 0) is 0 Å². The molecule has 3 rings (SSSR count). The van der Waals surface area contributed by atoms with Gasteiger partial charge in [0.25, 0.3) is 5.91 Å². The summed E-state index contributed by atoms with van der Waals surface area (Å²) in [5.74, 6) is -0.722. The van der Waals surface area contributed by atoms with Gasteiger partial charge in [-0.05, 0) is 43.6 Å². The lowest BCUT2D eigenvalue weighted by Gasteiger charge is -2.25. The van der Waals surface area contributed by atoms with Crippen LogP contribution in [0.2, 0.25) is 0 Å². The summed E-state index contributed by atoms with van der Waals surface area (Å²) >= 11 is 0. The van der Waals surface area contributed by atoms with Crippen LogP contribution in [0.25, 0.3) is 0 Å². The van der Waals surface area contributed by atoms with Crippen molar-refractivity contribution in [2.45, 2.75) is 12.5 Å². The molecule has 0 aliphatic carbocycles. The highest BCUT2D eigenvalue weighted by Gasteiger charge is 2.33. The van der Waals surface area contributed by atoms with E-state index in [0.29, 0.717) is 6.54 Å². The molecule has 2 aromatic rings. The van der Waals surface area contributed by atoms with Gasteiger partial charge < -0.3 is 5.32 Å². The normalized spacial score (nSPS) is 21.3. The molecule has 0 radical (unpaired) electrons. The molecule has 1 saturated heterocycles. The fourth-order valence-corrected chi connectivity index (χ4v) is 3.20. The monoisotopic (exact) mass is 314 g/mol. The zero-order valence-electron chi connectivity index (χ0n) is 12.9. The lowest BCUT2D eigenvalue weighted by molar-refractivity contribution is 0.0939. The van der Waals surface area contributed by atoms with Gasteiger partial charge in [-0.25, -0.2) is 4.39 Å². The van der Waals surface area contributed by atoms with E-state index in [2.05, 4.69) is 33.3 Å². The molecule has 1 fully saturated rings. The molecule has 1 amide bonds. The summed E-state index contributed by atoms with van der Waals surface area (Å²) < 4.78 is 13.6. The lowest BCUT2D eigenvalue weighted by Crippen LogP contribution is -2.32. The topological polar surface area (TPSA) is 58.1 Å². The summed E-state index contributed by atoms with van der Waals surface area (Å²) in [5, 5.41) is 2.85. The van der Waals surface area contributed by atoms with Gasteiger partial charge in [-0.1, -0.05) is 6.07 Å². The van der Waals surface area contributed by atoms with Crippen molar-refractivity contribution >= 4 is 5.91 Å². The van der Waals surface area contributed by atoms with Crippen molar-refractivity contribution in [1.29, 1.82) is 0 Å². The lowest BCUT2D eigenvalue weighted by atomic mass is 9.94. The molecule has 5 nitrogen and oxygen atoms in total. The first-order valence-corrected chi connectivity index (χ1v) is 7.64. The minimum atomic E-state index is -0.600. The number of hydrogen-bond donors (Lipinski definition) is 1. The van der Waals surface area contributed by atoms with Crippen molar-refractivity contribution in [3.63, 3.8) is 0 Å². The van der Waals surface area contributed by atoms with Crippen LogP contribution < -0.4 is 5.32 Å². The first-order chi connectivity index (χ1) is 11.2. The quantitative estimate of drug-likeness (QED) is 0.938.